The van der Waals surface area contributed by atoms with E-state index in [0.717, 1.165) is 6.42 Å². The van der Waals surface area contributed by atoms with Crippen molar-refractivity contribution in [1.82, 2.24) is 0 Å². The number of rotatable bonds is 4. The molecular formula is C13H20O2. The van der Waals surface area contributed by atoms with Gasteiger partial charge in [-0.1, -0.05) is 18.6 Å². The molecule has 2 heteroatoms. The Kier molecular flexibility index (Phi) is 2.96. The molecule has 0 aromatic rings. The summed E-state index contributed by atoms with van der Waals surface area (Å²) >= 11 is 0. The SMILES string of the molecule is CC(CC1=CCCCC1)C(=O)C1(C)CO1. The predicted octanol–water partition coefficient (Wildman–Crippen LogP) is 2.87. The van der Waals surface area contributed by atoms with E-state index in [2.05, 4.69) is 6.08 Å². The maximum atomic E-state index is 11.9. The molecule has 0 saturated carbocycles. The molecule has 0 spiro atoms. The highest BCUT2D eigenvalue weighted by molar-refractivity contribution is 5.91. The molecule has 2 rings (SSSR count). The van der Waals surface area contributed by atoms with Crippen LogP contribution in [0.15, 0.2) is 11.6 Å². The lowest BCUT2D eigenvalue weighted by Gasteiger charge is -2.17. The van der Waals surface area contributed by atoms with E-state index >= 15 is 0 Å². The van der Waals surface area contributed by atoms with Gasteiger partial charge in [0, 0.05) is 5.92 Å². The largest absolute Gasteiger partial charge is 0.362 e. The molecule has 1 fully saturated rings. The van der Waals surface area contributed by atoms with E-state index in [9.17, 15) is 4.79 Å². The predicted molar refractivity (Wildman–Crippen MR) is 59.7 cm³/mol. The Morgan fingerprint density at radius 2 is 2.33 bits per heavy atom. The third-order valence-corrected chi connectivity index (χ3v) is 3.50. The normalized spacial score (nSPS) is 32.0. The van der Waals surface area contributed by atoms with Crippen LogP contribution in [0, 0.1) is 5.92 Å². The molecule has 1 heterocycles. The van der Waals surface area contributed by atoms with Crippen LogP contribution in [-0.4, -0.2) is 18.0 Å². The van der Waals surface area contributed by atoms with Crippen LogP contribution in [0.25, 0.3) is 0 Å². The van der Waals surface area contributed by atoms with Gasteiger partial charge in [-0.25, -0.2) is 0 Å². The molecule has 2 nitrogen and oxygen atoms in total. The molecular weight excluding hydrogens is 188 g/mol. The molecule has 0 aromatic heterocycles. The van der Waals surface area contributed by atoms with Crippen molar-refractivity contribution in [3.8, 4) is 0 Å². The zero-order valence-corrected chi connectivity index (χ0v) is 9.71. The molecule has 1 aliphatic carbocycles. The molecule has 1 saturated heterocycles. The first-order valence-electron chi connectivity index (χ1n) is 5.98. The third-order valence-electron chi connectivity index (χ3n) is 3.50. The Labute approximate surface area is 91.7 Å². The van der Waals surface area contributed by atoms with Crippen LogP contribution in [0.1, 0.15) is 46.0 Å². The number of ketones is 1. The zero-order chi connectivity index (χ0) is 10.9. The first-order valence-corrected chi connectivity index (χ1v) is 5.98. The Balaban J connectivity index is 1.88. The summed E-state index contributed by atoms with van der Waals surface area (Å²) in [6.45, 7) is 4.56. The lowest BCUT2D eigenvalue weighted by molar-refractivity contribution is -0.127. The van der Waals surface area contributed by atoms with E-state index in [1.807, 2.05) is 13.8 Å². The second kappa shape index (κ2) is 4.09. The van der Waals surface area contributed by atoms with Crippen molar-refractivity contribution in [2.75, 3.05) is 6.61 Å². The second-order valence-electron chi connectivity index (χ2n) is 5.10. The van der Waals surface area contributed by atoms with E-state index in [1.54, 1.807) is 0 Å². The minimum Gasteiger partial charge on any atom is -0.362 e. The van der Waals surface area contributed by atoms with Crippen LogP contribution in [0.4, 0.5) is 0 Å². The van der Waals surface area contributed by atoms with Crippen LogP contribution in [-0.2, 0) is 9.53 Å². The summed E-state index contributed by atoms with van der Waals surface area (Å²) in [5.41, 5.74) is 1.04. The van der Waals surface area contributed by atoms with Gasteiger partial charge >= 0.3 is 0 Å². The molecule has 84 valence electrons. The van der Waals surface area contributed by atoms with E-state index < -0.39 is 5.60 Å². The molecule has 0 N–H and O–H groups in total. The first-order chi connectivity index (χ1) is 7.12. The van der Waals surface area contributed by atoms with E-state index in [0.29, 0.717) is 6.61 Å². The number of epoxide rings is 1. The number of Topliss-reactive ketones (excluding diaryl/α,β-unsaturated/α-hetero) is 1. The highest BCUT2D eigenvalue weighted by Crippen LogP contribution is 2.33. The molecule has 1 aliphatic heterocycles. The number of hydrogen-bond donors (Lipinski definition) is 0. The summed E-state index contributed by atoms with van der Waals surface area (Å²) in [6, 6.07) is 0. The van der Waals surface area contributed by atoms with Crippen molar-refractivity contribution in [3.63, 3.8) is 0 Å². The summed E-state index contributed by atoms with van der Waals surface area (Å²) in [6.07, 6.45) is 8.26. The van der Waals surface area contributed by atoms with Gasteiger partial charge in [-0.05, 0) is 39.0 Å². The lowest BCUT2D eigenvalue weighted by Crippen LogP contribution is -2.27. The van der Waals surface area contributed by atoms with Crippen LogP contribution >= 0.6 is 0 Å². The quantitative estimate of drug-likeness (QED) is 0.525. The van der Waals surface area contributed by atoms with Crippen LogP contribution in [0.3, 0.4) is 0 Å². The highest BCUT2D eigenvalue weighted by Gasteiger charge is 2.48. The maximum absolute atomic E-state index is 11.9. The number of allylic oxidation sites excluding steroid dienone is 2. The lowest BCUT2D eigenvalue weighted by atomic mass is 9.86. The smallest absolute Gasteiger partial charge is 0.169 e. The zero-order valence-electron chi connectivity index (χ0n) is 9.71. The molecule has 2 unspecified atom stereocenters. The van der Waals surface area contributed by atoms with Crippen molar-refractivity contribution in [1.29, 1.82) is 0 Å². The fraction of sp³-hybridized carbons (Fsp3) is 0.769. The van der Waals surface area contributed by atoms with Gasteiger partial charge in [-0.3, -0.25) is 4.79 Å². The van der Waals surface area contributed by atoms with Crippen molar-refractivity contribution >= 4 is 5.78 Å². The van der Waals surface area contributed by atoms with Gasteiger partial charge in [0.1, 0.15) is 5.60 Å². The van der Waals surface area contributed by atoms with Gasteiger partial charge in [0.05, 0.1) is 6.61 Å². The minimum absolute atomic E-state index is 0.127. The monoisotopic (exact) mass is 208 g/mol. The summed E-state index contributed by atoms with van der Waals surface area (Å²) < 4.78 is 5.20. The third kappa shape index (κ3) is 2.49. The van der Waals surface area contributed by atoms with Crippen LogP contribution < -0.4 is 0 Å². The van der Waals surface area contributed by atoms with Crippen molar-refractivity contribution in [2.45, 2.75) is 51.6 Å². The number of ether oxygens (including phenoxy) is 1. The van der Waals surface area contributed by atoms with Gasteiger partial charge in [0.2, 0.25) is 0 Å². The van der Waals surface area contributed by atoms with E-state index in [4.69, 9.17) is 4.74 Å². The van der Waals surface area contributed by atoms with Crippen molar-refractivity contribution in [3.05, 3.63) is 11.6 Å². The topological polar surface area (TPSA) is 29.6 Å². The Bertz CT molecular complexity index is 287. The molecule has 0 bridgehead atoms. The average molecular weight is 208 g/mol. The van der Waals surface area contributed by atoms with Gasteiger partial charge in [-0.2, -0.15) is 0 Å². The molecule has 2 atom stereocenters. The fourth-order valence-electron chi connectivity index (χ4n) is 2.35. The standard InChI is InChI=1S/C13H20O2/c1-10(12(14)13(2)9-15-13)8-11-6-4-3-5-7-11/h6,10H,3-5,7-9H2,1-2H3. The van der Waals surface area contributed by atoms with Gasteiger partial charge in [0.25, 0.3) is 0 Å². The Morgan fingerprint density at radius 3 is 2.87 bits per heavy atom. The van der Waals surface area contributed by atoms with Gasteiger partial charge < -0.3 is 4.74 Å². The number of carbonyl (C=O) groups excluding carboxylic acids is 1. The van der Waals surface area contributed by atoms with Crippen LogP contribution in [0.5, 0.6) is 0 Å². The van der Waals surface area contributed by atoms with Crippen LogP contribution in [0.2, 0.25) is 0 Å². The number of carbonyl (C=O) groups is 1. The maximum Gasteiger partial charge on any atom is 0.169 e. The molecule has 0 aromatic carbocycles. The molecule has 0 radical (unpaired) electrons. The molecule has 15 heavy (non-hydrogen) atoms. The molecule has 2 aliphatic rings. The summed E-state index contributed by atoms with van der Waals surface area (Å²) in [5.74, 6) is 0.413. The minimum atomic E-state index is -0.436. The first kappa shape index (κ1) is 10.9. The van der Waals surface area contributed by atoms with E-state index in [1.165, 1.54) is 31.3 Å². The summed E-state index contributed by atoms with van der Waals surface area (Å²) in [4.78, 5) is 11.9. The average Bonchev–Trinajstić information content (AvgIpc) is 2.98. The Hall–Kier alpha value is -0.630. The highest BCUT2D eigenvalue weighted by atomic mass is 16.6. The van der Waals surface area contributed by atoms with Crippen molar-refractivity contribution < 1.29 is 9.53 Å². The van der Waals surface area contributed by atoms with Gasteiger partial charge in [-0.15, -0.1) is 0 Å². The van der Waals surface area contributed by atoms with Gasteiger partial charge in [0.15, 0.2) is 5.78 Å². The summed E-state index contributed by atoms with van der Waals surface area (Å²) in [5, 5.41) is 0. The van der Waals surface area contributed by atoms with Crippen molar-refractivity contribution in [2.24, 2.45) is 5.92 Å². The molecule has 0 amide bonds. The summed E-state index contributed by atoms with van der Waals surface area (Å²) in [7, 11) is 0. The fourth-order valence-corrected chi connectivity index (χ4v) is 2.35. The van der Waals surface area contributed by atoms with E-state index in [-0.39, 0.29) is 11.7 Å². The number of hydrogen-bond acceptors (Lipinski definition) is 2. The second-order valence-corrected chi connectivity index (χ2v) is 5.10. The Morgan fingerprint density at radius 1 is 1.60 bits per heavy atom.